The average Bonchev–Trinajstić information content (AvgIpc) is 3.59. The Kier molecular flexibility index (Phi) is 7.13. The first-order valence-electron chi connectivity index (χ1n) is 12.2. The van der Waals surface area contributed by atoms with Crippen molar-refractivity contribution in [2.24, 2.45) is 5.73 Å². The van der Waals surface area contributed by atoms with Crippen molar-refractivity contribution in [2.75, 3.05) is 7.05 Å². The van der Waals surface area contributed by atoms with Gasteiger partial charge in [-0.15, -0.1) is 21.5 Å². The molecule has 0 spiro atoms. The second kappa shape index (κ2) is 10.6. The van der Waals surface area contributed by atoms with Crippen molar-refractivity contribution in [3.63, 3.8) is 0 Å². The van der Waals surface area contributed by atoms with Crippen LogP contribution in [0.3, 0.4) is 0 Å². The number of amides is 1. The normalized spacial score (nSPS) is 12.7. The highest BCUT2D eigenvalue weighted by atomic mass is 32.1. The third kappa shape index (κ3) is 5.69. The molecule has 3 heterocycles. The van der Waals surface area contributed by atoms with Gasteiger partial charge in [0.1, 0.15) is 5.01 Å². The predicted octanol–water partition coefficient (Wildman–Crippen LogP) is 5.25. The fraction of sp³-hybridized carbons (Fsp3) is 0.207. The zero-order chi connectivity index (χ0) is 26.7. The Morgan fingerprint density at radius 2 is 1.82 bits per heavy atom. The molecule has 0 unspecified atom stereocenters. The zero-order valence-corrected chi connectivity index (χ0v) is 22.3. The molecule has 5 aromatic rings. The molecule has 3 aromatic heterocycles. The van der Waals surface area contributed by atoms with Crippen LogP contribution >= 0.6 is 11.3 Å². The maximum Gasteiger partial charge on any atom is 0.254 e. The minimum atomic E-state index is -0.865. The van der Waals surface area contributed by atoms with Crippen molar-refractivity contribution >= 4 is 17.2 Å². The van der Waals surface area contributed by atoms with Crippen molar-refractivity contribution in [1.29, 1.82) is 0 Å². The molecule has 1 amide bonds. The monoisotopic (exact) mass is 524 g/mol. The molecule has 0 saturated heterocycles. The fourth-order valence-electron chi connectivity index (χ4n) is 4.19. The standard InChI is InChI=1S/C29H28N6O2S/c1-19-18-38-25(32-19)17-35(3)27(36)23-14-21(24-11-7-8-12-31-24)13-22(15-23)26-33-34-28(37-26)29(2,30)16-20-9-5-4-6-10-20/h4-15,18H,16-17,30H2,1-3H3/t29-/m1/s1. The van der Waals surface area contributed by atoms with Crippen LogP contribution in [-0.4, -0.2) is 38.0 Å². The van der Waals surface area contributed by atoms with Gasteiger partial charge in [0.25, 0.3) is 5.91 Å². The predicted molar refractivity (Wildman–Crippen MR) is 147 cm³/mol. The summed E-state index contributed by atoms with van der Waals surface area (Å²) >= 11 is 1.54. The summed E-state index contributed by atoms with van der Waals surface area (Å²) in [6.45, 7) is 4.22. The van der Waals surface area contributed by atoms with Crippen LogP contribution in [0.15, 0.2) is 82.7 Å². The SMILES string of the molecule is Cc1csc(CN(C)C(=O)c2cc(-c3ccccn3)cc(-c3nnc([C@](C)(N)Cc4ccccc4)o3)c2)n1. The van der Waals surface area contributed by atoms with Gasteiger partial charge in [0, 0.05) is 41.0 Å². The topological polar surface area (TPSA) is 111 Å². The van der Waals surface area contributed by atoms with Crippen molar-refractivity contribution in [2.45, 2.75) is 32.4 Å². The van der Waals surface area contributed by atoms with E-state index in [0.717, 1.165) is 27.5 Å². The number of benzene rings is 2. The number of hydrogen-bond acceptors (Lipinski definition) is 8. The van der Waals surface area contributed by atoms with Gasteiger partial charge in [0.2, 0.25) is 11.8 Å². The number of aromatic nitrogens is 4. The van der Waals surface area contributed by atoms with Crippen LogP contribution < -0.4 is 5.73 Å². The van der Waals surface area contributed by atoms with Crippen LogP contribution in [0.1, 0.15) is 39.4 Å². The van der Waals surface area contributed by atoms with Crippen molar-refractivity contribution in [3.8, 4) is 22.7 Å². The van der Waals surface area contributed by atoms with Gasteiger partial charge < -0.3 is 15.1 Å². The molecule has 0 saturated carbocycles. The lowest BCUT2D eigenvalue weighted by molar-refractivity contribution is 0.0785. The Morgan fingerprint density at radius 1 is 1.05 bits per heavy atom. The molecule has 9 heteroatoms. The first-order chi connectivity index (χ1) is 18.3. The Hall–Kier alpha value is -4.21. The van der Waals surface area contributed by atoms with Crippen molar-refractivity contribution < 1.29 is 9.21 Å². The lowest BCUT2D eigenvalue weighted by Gasteiger charge is -2.20. The minimum Gasteiger partial charge on any atom is -0.419 e. The number of aryl methyl sites for hydroxylation is 1. The van der Waals surface area contributed by atoms with Crippen LogP contribution in [0.4, 0.5) is 0 Å². The van der Waals surface area contributed by atoms with Gasteiger partial charge in [-0.05, 0) is 56.2 Å². The number of thiazole rings is 1. The van der Waals surface area contributed by atoms with Crippen LogP contribution in [-0.2, 0) is 18.5 Å². The summed E-state index contributed by atoms with van der Waals surface area (Å²) < 4.78 is 6.09. The molecular weight excluding hydrogens is 496 g/mol. The molecule has 0 aliphatic carbocycles. The third-order valence-electron chi connectivity index (χ3n) is 6.10. The lowest BCUT2D eigenvalue weighted by Crippen LogP contribution is -2.35. The number of pyridine rings is 1. The van der Waals surface area contributed by atoms with Crippen LogP contribution in [0, 0.1) is 6.92 Å². The van der Waals surface area contributed by atoms with E-state index in [0.29, 0.717) is 30.0 Å². The Labute approximate surface area is 225 Å². The molecule has 0 bridgehead atoms. The number of nitrogens with two attached hydrogens (primary N) is 1. The number of rotatable bonds is 8. The van der Waals surface area contributed by atoms with Crippen molar-refractivity contribution in [1.82, 2.24) is 25.1 Å². The van der Waals surface area contributed by atoms with Gasteiger partial charge >= 0.3 is 0 Å². The van der Waals surface area contributed by atoms with E-state index in [2.05, 4.69) is 20.2 Å². The Bertz CT molecular complexity index is 1550. The zero-order valence-electron chi connectivity index (χ0n) is 21.5. The van der Waals surface area contributed by atoms with Gasteiger partial charge in [0.05, 0.1) is 17.8 Å². The lowest BCUT2D eigenvalue weighted by atomic mass is 9.94. The minimum absolute atomic E-state index is 0.149. The summed E-state index contributed by atoms with van der Waals surface area (Å²) in [6, 6.07) is 21.1. The van der Waals surface area contributed by atoms with Gasteiger partial charge in [-0.1, -0.05) is 36.4 Å². The first-order valence-corrected chi connectivity index (χ1v) is 13.1. The second-order valence-corrected chi connectivity index (χ2v) is 10.5. The van der Waals surface area contributed by atoms with Crippen molar-refractivity contribution in [3.05, 3.63) is 106 Å². The largest absolute Gasteiger partial charge is 0.419 e. The maximum absolute atomic E-state index is 13.5. The van der Waals surface area contributed by atoms with E-state index >= 15 is 0 Å². The summed E-state index contributed by atoms with van der Waals surface area (Å²) in [7, 11) is 1.76. The van der Waals surface area contributed by atoms with Crippen LogP contribution in [0.2, 0.25) is 0 Å². The Morgan fingerprint density at radius 3 is 2.53 bits per heavy atom. The third-order valence-corrected chi connectivity index (χ3v) is 7.05. The molecule has 8 nitrogen and oxygen atoms in total. The molecule has 5 rings (SSSR count). The summed E-state index contributed by atoms with van der Waals surface area (Å²) in [4.78, 5) is 24.1. The molecule has 0 aliphatic rings. The second-order valence-electron chi connectivity index (χ2n) is 9.55. The van der Waals surface area contributed by atoms with E-state index in [-0.39, 0.29) is 11.8 Å². The summed E-state index contributed by atoms with van der Waals surface area (Å²) in [5, 5.41) is 11.4. The highest BCUT2D eigenvalue weighted by molar-refractivity contribution is 7.09. The van der Waals surface area contributed by atoms with E-state index in [4.69, 9.17) is 10.2 Å². The van der Waals surface area contributed by atoms with Gasteiger partial charge in [-0.2, -0.15) is 0 Å². The molecule has 1 atom stereocenters. The van der Waals surface area contributed by atoms with E-state index in [1.807, 2.05) is 79.9 Å². The van der Waals surface area contributed by atoms with E-state index < -0.39 is 5.54 Å². The fourth-order valence-corrected chi connectivity index (χ4v) is 5.02. The molecule has 0 radical (unpaired) electrons. The quantitative estimate of drug-likeness (QED) is 0.295. The Balaban J connectivity index is 1.48. The van der Waals surface area contributed by atoms with Crippen LogP contribution in [0.25, 0.3) is 22.7 Å². The molecule has 2 N–H and O–H groups in total. The highest BCUT2D eigenvalue weighted by Gasteiger charge is 2.29. The smallest absolute Gasteiger partial charge is 0.254 e. The summed E-state index contributed by atoms with van der Waals surface area (Å²) in [6.07, 6.45) is 2.25. The van der Waals surface area contributed by atoms with E-state index in [1.165, 1.54) is 11.3 Å². The number of hydrogen-bond donors (Lipinski definition) is 1. The number of nitrogens with zero attached hydrogens (tertiary/aromatic N) is 5. The highest BCUT2D eigenvalue weighted by Crippen LogP contribution is 2.30. The maximum atomic E-state index is 13.5. The molecule has 192 valence electrons. The van der Waals surface area contributed by atoms with E-state index in [9.17, 15) is 4.79 Å². The summed E-state index contributed by atoms with van der Waals surface area (Å²) in [5.41, 5.74) is 10.3. The molecular formula is C29H28N6O2S. The van der Waals surface area contributed by atoms with Gasteiger partial charge in [-0.25, -0.2) is 4.98 Å². The molecule has 38 heavy (non-hydrogen) atoms. The molecule has 0 fully saturated rings. The summed E-state index contributed by atoms with van der Waals surface area (Å²) in [5.74, 6) is 0.461. The van der Waals surface area contributed by atoms with E-state index in [1.54, 1.807) is 24.2 Å². The first kappa shape index (κ1) is 25.4. The molecule has 2 aromatic carbocycles. The number of carbonyl (C=O) groups excluding carboxylic acids is 1. The number of carbonyl (C=O) groups is 1. The van der Waals surface area contributed by atoms with Gasteiger partial charge in [-0.3, -0.25) is 9.78 Å². The van der Waals surface area contributed by atoms with Gasteiger partial charge in [0.15, 0.2) is 0 Å². The van der Waals surface area contributed by atoms with Crippen LogP contribution in [0.5, 0.6) is 0 Å². The molecule has 0 aliphatic heterocycles. The average molecular weight is 525 g/mol.